The van der Waals surface area contributed by atoms with Crippen LogP contribution < -0.4 is 5.73 Å². The molecule has 5 heteroatoms. The Labute approximate surface area is 111 Å². The van der Waals surface area contributed by atoms with E-state index in [9.17, 15) is 4.21 Å². The number of nitrogens with two attached hydrogens (primary N) is 1. The molecule has 1 spiro atoms. The van der Waals surface area contributed by atoms with Gasteiger partial charge in [0.05, 0.1) is 5.60 Å². The van der Waals surface area contributed by atoms with Gasteiger partial charge in [0.2, 0.25) is 0 Å². The predicted octanol–water partition coefficient (Wildman–Crippen LogP) is 1.53. The molecule has 0 radical (unpaired) electrons. The monoisotopic (exact) mass is 277 g/mol. The molecule has 3 atom stereocenters. The summed E-state index contributed by atoms with van der Waals surface area (Å²) in [6, 6.07) is 0. The molecule has 0 aromatic heterocycles. The highest BCUT2D eigenvalue weighted by molar-refractivity contribution is 7.99. The van der Waals surface area contributed by atoms with E-state index >= 15 is 0 Å². The second-order valence-electron chi connectivity index (χ2n) is 5.13. The molecule has 2 saturated heterocycles. The minimum atomic E-state index is -0.791. The van der Waals surface area contributed by atoms with E-state index in [0.717, 1.165) is 32.3 Å². The number of thioether (sulfide) groups is 1. The molecule has 0 amide bonds. The minimum Gasteiger partial charge on any atom is -0.375 e. The average Bonchev–Trinajstić information content (AvgIpc) is 2.38. The summed E-state index contributed by atoms with van der Waals surface area (Å²) in [5, 5.41) is 0.415. The van der Waals surface area contributed by atoms with Gasteiger partial charge in [0.25, 0.3) is 0 Å². The number of hydrogen-bond donors (Lipinski definition) is 1. The molecule has 0 bridgehead atoms. The molecule has 2 N–H and O–H groups in total. The average molecular weight is 277 g/mol. The maximum atomic E-state index is 12.3. The first kappa shape index (κ1) is 13.8. The van der Waals surface area contributed by atoms with E-state index in [2.05, 4.69) is 0 Å². The topological polar surface area (TPSA) is 52.3 Å². The van der Waals surface area contributed by atoms with Gasteiger partial charge >= 0.3 is 0 Å². The Hall–Kier alpha value is 0.420. The Balaban J connectivity index is 1.98. The van der Waals surface area contributed by atoms with Gasteiger partial charge in [0.15, 0.2) is 0 Å². The Morgan fingerprint density at radius 2 is 2.24 bits per heavy atom. The third-order valence-corrected chi connectivity index (χ3v) is 6.94. The van der Waals surface area contributed by atoms with Crippen LogP contribution in [0.4, 0.5) is 0 Å². The lowest BCUT2D eigenvalue weighted by atomic mass is 9.88. The zero-order chi connectivity index (χ0) is 12.3. The maximum Gasteiger partial charge on any atom is 0.0709 e. The fourth-order valence-corrected chi connectivity index (χ4v) is 5.58. The third-order valence-electron chi connectivity index (χ3n) is 3.91. The molecule has 2 fully saturated rings. The van der Waals surface area contributed by atoms with Crippen molar-refractivity contribution in [2.75, 3.05) is 24.7 Å². The molecule has 0 aromatic rings. The van der Waals surface area contributed by atoms with Gasteiger partial charge in [-0.25, -0.2) is 0 Å². The van der Waals surface area contributed by atoms with Crippen molar-refractivity contribution >= 4 is 22.6 Å². The molecule has 2 aliphatic rings. The Morgan fingerprint density at radius 1 is 1.53 bits per heavy atom. The highest BCUT2D eigenvalue weighted by atomic mass is 32.2. The van der Waals surface area contributed by atoms with Crippen LogP contribution in [0.5, 0.6) is 0 Å². The quantitative estimate of drug-likeness (QED) is 0.850. The van der Waals surface area contributed by atoms with Crippen LogP contribution >= 0.6 is 11.8 Å². The van der Waals surface area contributed by atoms with E-state index in [4.69, 9.17) is 10.5 Å². The summed E-state index contributed by atoms with van der Waals surface area (Å²) in [4.78, 5) is 0. The van der Waals surface area contributed by atoms with Crippen molar-refractivity contribution < 1.29 is 8.95 Å². The van der Waals surface area contributed by atoms with Crippen LogP contribution in [0.3, 0.4) is 0 Å². The highest BCUT2D eigenvalue weighted by Crippen LogP contribution is 2.39. The molecule has 3 unspecified atom stereocenters. The van der Waals surface area contributed by atoms with Crippen molar-refractivity contribution in [3.05, 3.63) is 0 Å². The lowest BCUT2D eigenvalue weighted by molar-refractivity contribution is -0.0809. The lowest BCUT2D eigenvalue weighted by Crippen LogP contribution is -2.47. The molecule has 0 aliphatic carbocycles. The Morgan fingerprint density at radius 3 is 2.88 bits per heavy atom. The molecular weight excluding hydrogens is 254 g/mol. The largest absolute Gasteiger partial charge is 0.375 e. The first-order valence-electron chi connectivity index (χ1n) is 6.48. The fourth-order valence-electron chi connectivity index (χ4n) is 2.70. The van der Waals surface area contributed by atoms with Gasteiger partial charge in [-0.1, -0.05) is 0 Å². The highest BCUT2D eigenvalue weighted by Gasteiger charge is 2.41. The van der Waals surface area contributed by atoms with Gasteiger partial charge < -0.3 is 10.5 Å². The zero-order valence-corrected chi connectivity index (χ0v) is 12.2. The Kier molecular flexibility index (Phi) is 4.92. The van der Waals surface area contributed by atoms with Crippen LogP contribution in [0.1, 0.15) is 32.6 Å². The van der Waals surface area contributed by atoms with Crippen molar-refractivity contribution in [3.8, 4) is 0 Å². The van der Waals surface area contributed by atoms with Gasteiger partial charge in [0, 0.05) is 34.5 Å². The van der Waals surface area contributed by atoms with Crippen molar-refractivity contribution in [2.45, 2.75) is 48.7 Å². The van der Waals surface area contributed by atoms with E-state index in [0.29, 0.717) is 11.8 Å². The molecular formula is C12H23NO2S2. The van der Waals surface area contributed by atoms with E-state index in [1.807, 2.05) is 18.7 Å². The van der Waals surface area contributed by atoms with E-state index in [1.165, 1.54) is 11.5 Å². The first-order valence-corrected chi connectivity index (χ1v) is 8.91. The molecule has 17 heavy (non-hydrogen) atoms. The van der Waals surface area contributed by atoms with Crippen LogP contribution in [0.25, 0.3) is 0 Å². The summed E-state index contributed by atoms with van der Waals surface area (Å²) in [5.41, 5.74) is 5.66. The predicted molar refractivity (Wildman–Crippen MR) is 74.9 cm³/mol. The molecule has 2 rings (SSSR count). The van der Waals surface area contributed by atoms with Crippen LogP contribution in [-0.4, -0.2) is 45.0 Å². The van der Waals surface area contributed by atoms with E-state index in [-0.39, 0.29) is 10.9 Å². The molecule has 0 aromatic carbocycles. The minimum absolute atomic E-state index is 0.0398. The lowest BCUT2D eigenvalue weighted by Gasteiger charge is -2.43. The summed E-state index contributed by atoms with van der Waals surface area (Å²) >= 11 is 2.01. The van der Waals surface area contributed by atoms with E-state index in [1.54, 1.807) is 0 Å². The first-order chi connectivity index (χ1) is 8.17. The fraction of sp³-hybridized carbons (Fsp3) is 1.00. The van der Waals surface area contributed by atoms with Crippen molar-refractivity contribution in [1.29, 1.82) is 0 Å². The second kappa shape index (κ2) is 6.04. The number of rotatable bonds is 3. The molecule has 2 aliphatic heterocycles. The standard InChI is InChI=1S/C12H23NO2S2/c1-10(9-13)17(14)11-2-5-15-12(8-11)3-6-16-7-4-12/h10-11H,2-9,13H2,1H3. The van der Waals surface area contributed by atoms with Gasteiger partial charge in [-0.05, 0) is 44.1 Å². The smallest absolute Gasteiger partial charge is 0.0709 e. The van der Waals surface area contributed by atoms with Crippen LogP contribution in [0.15, 0.2) is 0 Å². The number of hydrogen-bond acceptors (Lipinski definition) is 4. The molecule has 3 nitrogen and oxygen atoms in total. The van der Waals surface area contributed by atoms with Crippen molar-refractivity contribution in [3.63, 3.8) is 0 Å². The third kappa shape index (κ3) is 3.25. The van der Waals surface area contributed by atoms with Crippen LogP contribution in [0.2, 0.25) is 0 Å². The van der Waals surface area contributed by atoms with Gasteiger partial charge in [0.1, 0.15) is 0 Å². The van der Waals surface area contributed by atoms with Gasteiger partial charge in [-0.15, -0.1) is 0 Å². The van der Waals surface area contributed by atoms with Gasteiger partial charge in [-0.2, -0.15) is 11.8 Å². The summed E-state index contributed by atoms with van der Waals surface area (Å²) in [5.74, 6) is 2.37. The van der Waals surface area contributed by atoms with Crippen molar-refractivity contribution in [2.24, 2.45) is 5.73 Å². The van der Waals surface area contributed by atoms with E-state index < -0.39 is 10.8 Å². The van der Waals surface area contributed by atoms with Crippen molar-refractivity contribution in [1.82, 2.24) is 0 Å². The molecule has 2 heterocycles. The normalized spacial score (nSPS) is 32.2. The SMILES string of the molecule is CC(CN)S(=O)C1CCOC2(CCSCC2)C1. The molecule has 100 valence electrons. The zero-order valence-electron chi connectivity index (χ0n) is 10.5. The maximum absolute atomic E-state index is 12.3. The second-order valence-corrected chi connectivity index (χ2v) is 8.49. The Bertz CT molecular complexity index is 274. The van der Waals surface area contributed by atoms with Crippen LogP contribution in [0, 0.1) is 0 Å². The summed E-state index contributed by atoms with van der Waals surface area (Å²) in [6.45, 7) is 3.29. The summed E-state index contributed by atoms with van der Waals surface area (Å²) < 4.78 is 18.3. The summed E-state index contributed by atoms with van der Waals surface area (Å²) in [6.07, 6.45) is 4.17. The number of ether oxygens (including phenoxy) is 1. The molecule has 0 saturated carbocycles. The summed E-state index contributed by atoms with van der Waals surface area (Å²) in [7, 11) is -0.791. The van der Waals surface area contributed by atoms with Crippen LogP contribution in [-0.2, 0) is 15.5 Å². The van der Waals surface area contributed by atoms with Gasteiger partial charge in [-0.3, -0.25) is 4.21 Å².